The fourth-order valence-electron chi connectivity index (χ4n) is 1.17. The van der Waals surface area contributed by atoms with Crippen molar-refractivity contribution in [1.82, 2.24) is 4.72 Å². The summed E-state index contributed by atoms with van der Waals surface area (Å²) >= 11 is 11.7. The molecule has 0 aliphatic rings. The van der Waals surface area contributed by atoms with Gasteiger partial charge in [-0.25, -0.2) is 17.5 Å². The van der Waals surface area contributed by atoms with Gasteiger partial charge >= 0.3 is 0 Å². The summed E-state index contributed by atoms with van der Waals surface area (Å²) in [6.07, 6.45) is 0. The molecule has 102 valence electrons. The van der Waals surface area contributed by atoms with E-state index in [1.54, 1.807) is 20.8 Å². The SMILES string of the molecule is CC(Cl)C(C)(C)NS(=O)(=O)c1cc(F)ccc1Cl. The number of sulfonamides is 1. The molecule has 0 bridgehead atoms. The second-order valence-corrected chi connectivity index (χ2v) is 7.23. The van der Waals surface area contributed by atoms with E-state index in [2.05, 4.69) is 4.72 Å². The molecule has 18 heavy (non-hydrogen) atoms. The molecule has 0 saturated heterocycles. The first kappa shape index (κ1) is 15.7. The van der Waals surface area contributed by atoms with Gasteiger partial charge in [0.1, 0.15) is 10.7 Å². The summed E-state index contributed by atoms with van der Waals surface area (Å²) in [6, 6.07) is 3.17. The van der Waals surface area contributed by atoms with Crippen LogP contribution >= 0.6 is 23.2 Å². The first-order valence-corrected chi connectivity index (χ1v) is 7.49. The molecule has 0 aliphatic heterocycles. The molecule has 7 heteroatoms. The summed E-state index contributed by atoms with van der Waals surface area (Å²) in [5.74, 6) is -0.670. The Kier molecular flexibility index (Phi) is 4.65. The van der Waals surface area contributed by atoms with Crippen molar-refractivity contribution in [2.45, 2.75) is 36.6 Å². The highest BCUT2D eigenvalue weighted by molar-refractivity contribution is 7.89. The fraction of sp³-hybridized carbons (Fsp3) is 0.455. The van der Waals surface area contributed by atoms with Crippen LogP contribution in [0.15, 0.2) is 23.1 Å². The Balaban J connectivity index is 3.19. The lowest BCUT2D eigenvalue weighted by Gasteiger charge is -2.28. The van der Waals surface area contributed by atoms with Gasteiger partial charge in [-0.05, 0) is 39.0 Å². The zero-order chi connectivity index (χ0) is 14.1. The molecule has 0 spiro atoms. The zero-order valence-corrected chi connectivity index (χ0v) is 12.5. The first-order chi connectivity index (χ1) is 8.06. The van der Waals surface area contributed by atoms with E-state index < -0.39 is 26.8 Å². The van der Waals surface area contributed by atoms with Crippen LogP contribution in [0.2, 0.25) is 5.02 Å². The van der Waals surface area contributed by atoms with Gasteiger partial charge in [0.05, 0.1) is 5.02 Å². The van der Waals surface area contributed by atoms with Crippen LogP contribution in [0.4, 0.5) is 4.39 Å². The van der Waals surface area contributed by atoms with E-state index >= 15 is 0 Å². The molecule has 0 aromatic heterocycles. The number of rotatable bonds is 4. The molecular formula is C11H14Cl2FNO2S. The summed E-state index contributed by atoms with van der Waals surface area (Å²) in [6.45, 7) is 4.93. The Labute approximate surface area is 116 Å². The van der Waals surface area contributed by atoms with Crippen LogP contribution in [0.1, 0.15) is 20.8 Å². The van der Waals surface area contributed by atoms with Gasteiger partial charge in [-0.15, -0.1) is 11.6 Å². The third-order valence-corrected chi connectivity index (χ3v) is 5.27. The average Bonchev–Trinajstić information content (AvgIpc) is 2.19. The topological polar surface area (TPSA) is 46.2 Å². The van der Waals surface area contributed by atoms with Crippen molar-refractivity contribution in [1.29, 1.82) is 0 Å². The monoisotopic (exact) mass is 313 g/mol. The van der Waals surface area contributed by atoms with Crippen molar-refractivity contribution in [2.75, 3.05) is 0 Å². The number of benzene rings is 1. The molecule has 0 amide bonds. The third kappa shape index (κ3) is 3.57. The van der Waals surface area contributed by atoms with Crippen LogP contribution in [-0.4, -0.2) is 19.3 Å². The molecule has 0 heterocycles. The predicted molar refractivity (Wildman–Crippen MR) is 71.1 cm³/mol. The van der Waals surface area contributed by atoms with Gasteiger partial charge in [0.25, 0.3) is 0 Å². The molecule has 0 fully saturated rings. The smallest absolute Gasteiger partial charge is 0.207 e. The summed E-state index contributed by atoms with van der Waals surface area (Å²) in [5, 5.41) is -0.485. The van der Waals surface area contributed by atoms with Gasteiger partial charge in [-0.1, -0.05) is 11.6 Å². The van der Waals surface area contributed by atoms with E-state index in [0.717, 1.165) is 12.1 Å². The van der Waals surface area contributed by atoms with Gasteiger partial charge in [-0.3, -0.25) is 0 Å². The molecule has 1 rings (SSSR count). The number of hydrogen-bond donors (Lipinski definition) is 1. The van der Waals surface area contributed by atoms with E-state index in [1.165, 1.54) is 6.07 Å². The number of nitrogens with one attached hydrogen (secondary N) is 1. The summed E-state index contributed by atoms with van der Waals surface area (Å²) in [4.78, 5) is -0.297. The number of alkyl halides is 1. The Morgan fingerprint density at radius 1 is 1.39 bits per heavy atom. The highest BCUT2D eigenvalue weighted by Crippen LogP contribution is 2.25. The van der Waals surface area contributed by atoms with E-state index in [-0.39, 0.29) is 9.92 Å². The van der Waals surface area contributed by atoms with E-state index in [4.69, 9.17) is 23.2 Å². The van der Waals surface area contributed by atoms with Gasteiger partial charge in [0.2, 0.25) is 10.0 Å². The van der Waals surface area contributed by atoms with Gasteiger partial charge in [0, 0.05) is 10.9 Å². The average molecular weight is 314 g/mol. The standard InChI is InChI=1S/C11H14Cl2FNO2S/c1-7(12)11(2,3)15-18(16,17)10-6-8(14)4-5-9(10)13/h4-7,15H,1-3H3. The molecule has 1 aromatic rings. The van der Waals surface area contributed by atoms with Crippen LogP contribution < -0.4 is 4.72 Å². The Bertz CT molecular complexity index is 544. The fourth-order valence-corrected chi connectivity index (χ4v) is 3.28. The molecule has 3 nitrogen and oxygen atoms in total. The molecule has 0 aliphatic carbocycles. The second kappa shape index (κ2) is 5.33. The van der Waals surface area contributed by atoms with Crippen molar-refractivity contribution in [3.05, 3.63) is 29.0 Å². The normalized spacial score (nSPS) is 14.6. The molecular weight excluding hydrogens is 300 g/mol. The van der Waals surface area contributed by atoms with Crippen molar-refractivity contribution in [3.8, 4) is 0 Å². The van der Waals surface area contributed by atoms with E-state index in [0.29, 0.717) is 0 Å². The molecule has 1 N–H and O–H groups in total. The van der Waals surface area contributed by atoms with E-state index in [1.807, 2.05) is 0 Å². The van der Waals surface area contributed by atoms with Gasteiger partial charge < -0.3 is 0 Å². The maximum atomic E-state index is 13.1. The summed E-state index contributed by atoms with van der Waals surface area (Å²) < 4.78 is 39.7. The van der Waals surface area contributed by atoms with Gasteiger partial charge in [-0.2, -0.15) is 0 Å². The quantitative estimate of drug-likeness (QED) is 0.868. The first-order valence-electron chi connectivity index (χ1n) is 5.19. The Hall–Kier alpha value is -0.360. The zero-order valence-electron chi connectivity index (χ0n) is 10.2. The number of halogens is 3. The third-order valence-electron chi connectivity index (χ3n) is 2.57. The maximum absolute atomic E-state index is 13.1. The largest absolute Gasteiger partial charge is 0.242 e. The highest BCUT2D eigenvalue weighted by Gasteiger charge is 2.31. The molecule has 1 aromatic carbocycles. The molecule has 1 unspecified atom stereocenters. The van der Waals surface area contributed by atoms with Crippen molar-refractivity contribution in [2.24, 2.45) is 0 Å². The highest BCUT2D eigenvalue weighted by atomic mass is 35.5. The Morgan fingerprint density at radius 3 is 2.44 bits per heavy atom. The van der Waals surface area contributed by atoms with E-state index in [9.17, 15) is 12.8 Å². The summed E-state index contributed by atoms with van der Waals surface area (Å²) in [5.41, 5.74) is -0.879. The minimum Gasteiger partial charge on any atom is -0.207 e. The number of hydrogen-bond acceptors (Lipinski definition) is 2. The van der Waals surface area contributed by atoms with Crippen molar-refractivity contribution in [3.63, 3.8) is 0 Å². The van der Waals surface area contributed by atoms with Crippen molar-refractivity contribution >= 4 is 33.2 Å². The second-order valence-electron chi connectivity index (χ2n) is 4.52. The lowest BCUT2D eigenvalue weighted by atomic mass is 10.0. The molecule has 0 saturated carbocycles. The molecule has 1 atom stereocenters. The predicted octanol–water partition coefficient (Wildman–Crippen LogP) is 3.16. The maximum Gasteiger partial charge on any atom is 0.242 e. The van der Waals surface area contributed by atoms with Crippen LogP contribution in [-0.2, 0) is 10.0 Å². The minimum atomic E-state index is -3.92. The van der Waals surface area contributed by atoms with Crippen LogP contribution in [0.3, 0.4) is 0 Å². The lowest BCUT2D eigenvalue weighted by molar-refractivity contribution is 0.445. The summed E-state index contributed by atoms with van der Waals surface area (Å²) in [7, 11) is -3.92. The van der Waals surface area contributed by atoms with Gasteiger partial charge in [0.15, 0.2) is 0 Å². The lowest BCUT2D eigenvalue weighted by Crippen LogP contribution is -2.48. The van der Waals surface area contributed by atoms with Crippen LogP contribution in [0.5, 0.6) is 0 Å². The Morgan fingerprint density at radius 2 is 1.94 bits per heavy atom. The molecule has 0 radical (unpaired) electrons. The van der Waals surface area contributed by atoms with Crippen LogP contribution in [0.25, 0.3) is 0 Å². The van der Waals surface area contributed by atoms with Crippen molar-refractivity contribution < 1.29 is 12.8 Å². The van der Waals surface area contributed by atoms with Crippen LogP contribution in [0, 0.1) is 5.82 Å². The minimum absolute atomic E-state index is 0.0399.